The van der Waals surface area contributed by atoms with Crippen molar-refractivity contribution in [2.45, 2.75) is 24.0 Å². The summed E-state index contributed by atoms with van der Waals surface area (Å²) < 4.78 is 38.7. The van der Waals surface area contributed by atoms with Crippen LogP contribution in [0.25, 0.3) is 0 Å². The van der Waals surface area contributed by atoms with E-state index in [-0.39, 0.29) is 30.2 Å². The highest BCUT2D eigenvalue weighted by molar-refractivity contribution is 7.92. The first-order valence-electron chi connectivity index (χ1n) is 9.37. The number of carbonyl (C=O) groups excluding carboxylic acids is 2. The van der Waals surface area contributed by atoms with E-state index in [1.165, 1.54) is 36.4 Å². The second-order valence-electron chi connectivity index (χ2n) is 6.43. The zero-order valence-electron chi connectivity index (χ0n) is 17.0. The minimum atomic E-state index is -3.93. The summed E-state index contributed by atoms with van der Waals surface area (Å²) in [6.45, 7) is 5.40. The molecule has 0 bridgehead atoms. The molecule has 0 fully saturated rings. The Morgan fingerprint density at radius 1 is 1.23 bits per heavy atom. The molecule has 0 saturated heterocycles. The minimum Gasteiger partial charge on any atom is -0.466 e. The zero-order chi connectivity index (χ0) is 22.9. The number of sulfonamides is 1. The molecule has 0 aliphatic carbocycles. The van der Waals surface area contributed by atoms with Crippen LogP contribution in [0.4, 0.5) is 11.4 Å². The van der Waals surface area contributed by atoms with Crippen LogP contribution in [-0.4, -0.2) is 34.0 Å². The molecule has 1 atom stereocenters. The van der Waals surface area contributed by atoms with Crippen molar-refractivity contribution in [2.24, 2.45) is 0 Å². The second-order valence-corrected chi connectivity index (χ2v) is 8.11. The molecular formula is C21H25N3O6S. The number of esters is 1. The van der Waals surface area contributed by atoms with Gasteiger partial charge in [0.2, 0.25) is 6.41 Å². The van der Waals surface area contributed by atoms with Crippen LogP contribution in [0.5, 0.6) is 0 Å². The maximum atomic E-state index is 12.7. The SMILES string of the molecule is C=CCOC(CC(=O)OCC)(NC=O)c1cccc(NS(=O)(=O)c2cccc(N)c2)c1. The van der Waals surface area contributed by atoms with Crippen molar-refractivity contribution in [1.29, 1.82) is 0 Å². The first kappa shape index (κ1) is 23.9. The Kier molecular flexibility index (Phi) is 8.17. The summed E-state index contributed by atoms with van der Waals surface area (Å²) in [7, 11) is -3.93. The van der Waals surface area contributed by atoms with Crippen LogP contribution in [0, 0.1) is 0 Å². The molecule has 2 aromatic carbocycles. The summed E-state index contributed by atoms with van der Waals surface area (Å²) >= 11 is 0. The molecule has 4 N–H and O–H groups in total. The second kappa shape index (κ2) is 10.6. The smallest absolute Gasteiger partial charge is 0.311 e. The van der Waals surface area contributed by atoms with Gasteiger partial charge in [0.25, 0.3) is 10.0 Å². The Bertz CT molecular complexity index is 1040. The van der Waals surface area contributed by atoms with E-state index in [4.69, 9.17) is 15.2 Å². The highest BCUT2D eigenvalue weighted by atomic mass is 32.2. The fourth-order valence-corrected chi connectivity index (χ4v) is 3.96. The lowest BCUT2D eigenvalue weighted by Gasteiger charge is -2.33. The van der Waals surface area contributed by atoms with Crippen molar-refractivity contribution in [3.05, 3.63) is 66.7 Å². The molecule has 31 heavy (non-hydrogen) atoms. The molecule has 0 aliphatic rings. The van der Waals surface area contributed by atoms with Gasteiger partial charge in [0.05, 0.1) is 24.5 Å². The lowest BCUT2D eigenvalue weighted by atomic mass is 9.98. The van der Waals surface area contributed by atoms with Crippen LogP contribution in [0.2, 0.25) is 0 Å². The van der Waals surface area contributed by atoms with Gasteiger partial charge in [0.1, 0.15) is 0 Å². The first-order chi connectivity index (χ1) is 14.8. The van der Waals surface area contributed by atoms with Crippen molar-refractivity contribution in [3.63, 3.8) is 0 Å². The Hall–Kier alpha value is -3.37. The fraction of sp³-hybridized carbons (Fsp3) is 0.238. The number of benzene rings is 2. The van der Waals surface area contributed by atoms with Crippen molar-refractivity contribution >= 4 is 33.8 Å². The van der Waals surface area contributed by atoms with E-state index in [2.05, 4.69) is 16.6 Å². The molecule has 10 heteroatoms. The highest BCUT2D eigenvalue weighted by Crippen LogP contribution is 2.30. The van der Waals surface area contributed by atoms with Crippen LogP contribution >= 0.6 is 0 Å². The number of ether oxygens (including phenoxy) is 2. The van der Waals surface area contributed by atoms with Gasteiger partial charge in [-0.2, -0.15) is 0 Å². The number of hydrogen-bond acceptors (Lipinski definition) is 7. The number of rotatable bonds is 12. The van der Waals surface area contributed by atoms with Crippen molar-refractivity contribution < 1.29 is 27.5 Å². The molecule has 9 nitrogen and oxygen atoms in total. The molecular weight excluding hydrogens is 422 g/mol. The van der Waals surface area contributed by atoms with Crippen molar-refractivity contribution in [3.8, 4) is 0 Å². The Morgan fingerprint density at radius 3 is 2.61 bits per heavy atom. The third-order valence-corrected chi connectivity index (χ3v) is 5.57. The van der Waals surface area contributed by atoms with Crippen LogP contribution in [0.15, 0.2) is 66.1 Å². The summed E-state index contributed by atoms with van der Waals surface area (Å²) in [5.41, 5.74) is 4.93. The number of nitrogens with two attached hydrogens (primary N) is 1. The maximum absolute atomic E-state index is 12.7. The van der Waals surface area contributed by atoms with Crippen molar-refractivity contribution in [1.82, 2.24) is 5.32 Å². The lowest BCUT2D eigenvalue weighted by molar-refractivity contribution is -0.155. The van der Waals surface area contributed by atoms with Crippen LogP contribution in [-0.2, 0) is 34.8 Å². The maximum Gasteiger partial charge on any atom is 0.311 e. The van der Waals surface area contributed by atoms with Gasteiger partial charge in [0.15, 0.2) is 5.72 Å². The normalized spacial score (nSPS) is 12.9. The quantitative estimate of drug-likeness (QED) is 0.149. The molecule has 2 aromatic rings. The predicted molar refractivity (Wildman–Crippen MR) is 116 cm³/mol. The summed E-state index contributed by atoms with van der Waals surface area (Å²) in [5, 5.41) is 2.52. The number of amides is 1. The van der Waals surface area contributed by atoms with Gasteiger partial charge in [-0.05, 0) is 37.3 Å². The number of carbonyl (C=O) groups is 2. The minimum absolute atomic E-state index is 0.00962. The summed E-state index contributed by atoms with van der Waals surface area (Å²) in [4.78, 5) is 23.5. The van der Waals surface area contributed by atoms with Gasteiger partial charge in [-0.3, -0.25) is 14.3 Å². The molecule has 1 amide bonds. The molecule has 1 unspecified atom stereocenters. The summed E-state index contributed by atoms with van der Waals surface area (Å²) in [6.07, 6.45) is 1.52. The number of nitrogen functional groups attached to an aromatic ring is 1. The molecule has 0 aliphatic heterocycles. The number of anilines is 2. The van der Waals surface area contributed by atoms with E-state index in [0.717, 1.165) is 0 Å². The third kappa shape index (κ3) is 6.30. The molecule has 166 valence electrons. The Labute approximate surface area is 181 Å². The van der Waals surface area contributed by atoms with E-state index in [1.807, 2.05) is 0 Å². The number of nitrogens with one attached hydrogen (secondary N) is 2. The van der Waals surface area contributed by atoms with Gasteiger partial charge in [-0.15, -0.1) is 6.58 Å². The molecule has 0 heterocycles. The highest BCUT2D eigenvalue weighted by Gasteiger charge is 2.36. The topological polar surface area (TPSA) is 137 Å². The van der Waals surface area contributed by atoms with Gasteiger partial charge < -0.3 is 20.5 Å². The average molecular weight is 448 g/mol. The van der Waals surface area contributed by atoms with E-state index in [1.54, 1.807) is 25.1 Å². The van der Waals surface area contributed by atoms with E-state index in [0.29, 0.717) is 17.7 Å². The van der Waals surface area contributed by atoms with Gasteiger partial charge in [0, 0.05) is 16.9 Å². The zero-order valence-corrected chi connectivity index (χ0v) is 17.9. The van der Waals surface area contributed by atoms with E-state index in [9.17, 15) is 18.0 Å². The van der Waals surface area contributed by atoms with Crippen LogP contribution in [0.3, 0.4) is 0 Å². The molecule has 0 radical (unpaired) electrons. The van der Waals surface area contributed by atoms with Crippen molar-refractivity contribution in [2.75, 3.05) is 23.7 Å². The average Bonchev–Trinajstić information content (AvgIpc) is 2.72. The third-order valence-electron chi connectivity index (χ3n) is 4.19. The van der Waals surface area contributed by atoms with E-state index < -0.39 is 21.7 Å². The Balaban J connectivity index is 2.44. The molecule has 2 rings (SSSR count). The molecule has 0 aromatic heterocycles. The largest absolute Gasteiger partial charge is 0.466 e. The molecule has 0 saturated carbocycles. The fourth-order valence-electron chi connectivity index (χ4n) is 2.85. The van der Waals surface area contributed by atoms with E-state index >= 15 is 0 Å². The van der Waals surface area contributed by atoms with Gasteiger partial charge in [-0.1, -0.05) is 24.3 Å². The first-order valence-corrected chi connectivity index (χ1v) is 10.9. The predicted octanol–water partition coefficient (Wildman–Crippen LogP) is 2.12. The van der Waals surface area contributed by atoms with Crippen LogP contribution in [0.1, 0.15) is 18.9 Å². The number of hydrogen-bond donors (Lipinski definition) is 3. The van der Waals surface area contributed by atoms with Gasteiger partial charge in [-0.25, -0.2) is 8.42 Å². The Morgan fingerprint density at radius 2 is 1.97 bits per heavy atom. The summed E-state index contributed by atoms with van der Waals surface area (Å²) in [5.74, 6) is -0.605. The monoisotopic (exact) mass is 447 g/mol. The lowest BCUT2D eigenvalue weighted by Crippen LogP contribution is -2.46. The van der Waals surface area contributed by atoms with Crippen LogP contribution < -0.4 is 15.8 Å². The molecule has 0 spiro atoms. The summed E-state index contributed by atoms with van der Waals surface area (Å²) in [6, 6.07) is 12.0. The standard InChI is InChI=1S/C21H25N3O6S/c1-3-11-30-21(23-15-25,14-20(26)29-4-2)16-7-5-9-18(12-16)24-31(27,28)19-10-6-8-17(22)13-19/h3,5-10,12-13,15,24H,1,4,11,14,22H2,2H3,(H,23,25). The van der Waals surface area contributed by atoms with Gasteiger partial charge >= 0.3 is 5.97 Å².